The van der Waals surface area contributed by atoms with E-state index in [0.717, 1.165) is 5.56 Å². The molecule has 0 aliphatic heterocycles. The van der Waals surface area contributed by atoms with Crippen molar-refractivity contribution in [1.82, 2.24) is 0 Å². The summed E-state index contributed by atoms with van der Waals surface area (Å²) in [6.45, 7) is 6.12. The molecule has 0 aliphatic rings. The van der Waals surface area contributed by atoms with Crippen molar-refractivity contribution in [1.29, 1.82) is 0 Å². The molecule has 0 heterocycles. The maximum absolute atomic E-state index is 13.2. The first-order chi connectivity index (χ1) is 6.32. The minimum Gasteiger partial charge on any atom is -0.324 e. The van der Waals surface area contributed by atoms with Crippen molar-refractivity contribution < 1.29 is 4.39 Å². The van der Waals surface area contributed by atoms with E-state index in [1.807, 2.05) is 26.8 Å². The monoisotopic (exact) mass is 259 g/mol. The van der Waals surface area contributed by atoms with E-state index in [0.29, 0.717) is 4.47 Å². The van der Waals surface area contributed by atoms with Gasteiger partial charge in [0, 0.05) is 6.04 Å². The van der Waals surface area contributed by atoms with Gasteiger partial charge in [-0.25, -0.2) is 4.39 Å². The molecule has 0 saturated heterocycles. The Balaban J connectivity index is 3.03. The number of hydrogen-bond donors (Lipinski definition) is 1. The van der Waals surface area contributed by atoms with Crippen LogP contribution in [0.15, 0.2) is 22.7 Å². The molecule has 0 unspecified atom stereocenters. The molecule has 0 bridgehead atoms. The highest BCUT2D eigenvalue weighted by atomic mass is 79.9. The van der Waals surface area contributed by atoms with Gasteiger partial charge in [-0.1, -0.05) is 26.8 Å². The van der Waals surface area contributed by atoms with Gasteiger partial charge in [-0.3, -0.25) is 0 Å². The summed E-state index contributed by atoms with van der Waals surface area (Å²) in [4.78, 5) is 0. The zero-order chi connectivity index (χ0) is 10.9. The lowest BCUT2D eigenvalue weighted by atomic mass is 9.83. The summed E-state index contributed by atoms with van der Waals surface area (Å²) < 4.78 is 13.7. The molecule has 1 aromatic rings. The van der Waals surface area contributed by atoms with Crippen molar-refractivity contribution >= 4 is 15.9 Å². The Labute approximate surface area is 92.6 Å². The van der Waals surface area contributed by atoms with Gasteiger partial charge in [-0.15, -0.1) is 0 Å². The topological polar surface area (TPSA) is 26.0 Å². The molecule has 1 aromatic carbocycles. The Morgan fingerprint density at radius 3 is 2.36 bits per heavy atom. The molecule has 0 fully saturated rings. The Morgan fingerprint density at radius 1 is 1.36 bits per heavy atom. The Kier molecular flexibility index (Phi) is 3.32. The standard InChI is InChI=1S/C11H15BrFN/c1-11(2,3)10(14)7-4-5-8(12)9(13)6-7/h4-6,10H,14H2,1-3H3/t10-/m0/s1. The third-order valence-corrected chi connectivity index (χ3v) is 2.88. The second-order valence-corrected chi connectivity index (χ2v) is 5.37. The van der Waals surface area contributed by atoms with Gasteiger partial charge in [0.05, 0.1) is 4.47 Å². The molecule has 0 radical (unpaired) electrons. The van der Waals surface area contributed by atoms with Crippen LogP contribution in [0, 0.1) is 11.2 Å². The van der Waals surface area contributed by atoms with Crippen molar-refractivity contribution in [3.05, 3.63) is 34.1 Å². The van der Waals surface area contributed by atoms with Crippen molar-refractivity contribution in [2.45, 2.75) is 26.8 Å². The van der Waals surface area contributed by atoms with E-state index in [1.165, 1.54) is 6.07 Å². The third kappa shape index (κ3) is 2.55. The first kappa shape index (κ1) is 11.7. The predicted octanol–water partition coefficient (Wildman–Crippen LogP) is 3.63. The van der Waals surface area contributed by atoms with Gasteiger partial charge in [-0.05, 0) is 39.0 Å². The highest BCUT2D eigenvalue weighted by molar-refractivity contribution is 9.10. The largest absolute Gasteiger partial charge is 0.324 e. The summed E-state index contributed by atoms with van der Waals surface area (Å²) in [6.07, 6.45) is 0. The van der Waals surface area contributed by atoms with Crippen molar-refractivity contribution in [3.63, 3.8) is 0 Å². The van der Waals surface area contributed by atoms with Crippen LogP contribution in [0.4, 0.5) is 4.39 Å². The molecule has 14 heavy (non-hydrogen) atoms. The number of rotatable bonds is 1. The minimum atomic E-state index is -0.262. The molecule has 3 heteroatoms. The van der Waals surface area contributed by atoms with E-state index >= 15 is 0 Å². The van der Waals surface area contributed by atoms with E-state index in [1.54, 1.807) is 6.07 Å². The molecular formula is C11H15BrFN. The van der Waals surface area contributed by atoms with E-state index in [4.69, 9.17) is 5.73 Å². The summed E-state index contributed by atoms with van der Waals surface area (Å²) in [7, 11) is 0. The van der Waals surface area contributed by atoms with Crippen molar-refractivity contribution in [3.8, 4) is 0 Å². The summed E-state index contributed by atoms with van der Waals surface area (Å²) >= 11 is 3.11. The van der Waals surface area contributed by atoms with Gasteiger partial charge >= 0.3 is 0 Å². The van der Waals surface area contributed by atoms with Crippen LogP contribution in [0.1, 0.15) is 32.4 Å². The lowest BCUT2D eigenvalue weighted by Gasteiger charge is -2.27. The molecule has 2 N–H and O–H groups in total. The third-order valence-electron chi connectivity index (χ3n) is 2.24. The quantitative estimate of drug-likeness (QED) is 0.819. The van der Waals surface area contributed by atoms with Gasteiger partial charge in [-0.2, -0.15) is 0 Å². The Morgan fingerprint density at radius 2 is 1.93 bits per heavy atom. The van der Waals surface area contributed by atoms with E-state index in [2.05, 4.69) is 15.9 Å². The summed E-state index contributed by atoms with van der Waals surface area (Å²) in [5, 5.41) is 0. The zero-order valence-electron chi connectivity index (χ0n) is 8.64. The molecule has 0 spiro atoms. The van der Waals surface area contributed by atoms with Gasteiger partial charge in [0.2, 0.25) is 0 Å². The Bertz CT molecular complexity index is 331. The second kappa shape index (κ2) is 3.99. The lowest BCUT2D eigenvalue weighted by Crippen LogP contribution is -2.26. The number of halogens is 2. The van der Waals surface area contributed by atoms with E-state index in [9.17, 15) is 4.39 Å². The van der Waals surface area contributed by atoms with E-state index < -0.39 is 0 Å². The molecule has 0 saturated carbocycles. The SMILES string of the molecule is CC(C)(C)[C@@H](N)c1ccc(Br)c(F)c1. The van der Waals surface area contributed by atoms with Crippen LogP contribution in [0.2, 0.25) is 0 Å². The predicted molar refractivity (Wildman–Crippen MR) is 60.5 cm³/mol. The normalized spacial score (nSPS) is 14.1. The highest BCUT2D eigenvalue weighted by Gasteiger charge is 2.22. The number of benzene rings is 1. The van der Waals surface area contributed by atoms with Crippen LogP contribution < -0.4 is 5.73 Å². The summed E-state index contributed by atoms with van der Waals surface area (Å²) in [5.74, 6) is -0.262. The van der Waals surface area contributed by atoms with Crippen LogP contribution in [0.5, 0.6) is 0 Å². The van der Waals surface area contributed by atoms with Crippen LogP contribution in [0.25, 0.3) is 0 Å². The second-order valence-electron chi connectivity index (χ2n) is 4.52. The minimum absolute atomic E-state index is 0.0553. The number of hydrogen-bond acceptors (Lipinski definition) is 1. The van der Waals surface area contributed by atoms with Crippen LogP contribution >= 0.6 is 15.9 Å². The average molecular weight is 260 g/mol. The fourth-order valence-corrected chi connectivity index (χ4v) is 1.45. The fraction of sp³-hybridized carbons (Fsp3) is 0.455. The first-order valence-electron chi connectivity index (χ1n) is 4.53. The summed E-state index contributed by atoms with van der Waals surface area (Å²) in [6, 6.07) is 4.88. The molecule has 0 amide bonds. The smallest absolute Gasteiger partial charge is 0.137 e. The maximum atomic E-state index is 13.2. The zero-order valence-corrected chi connectivity index (χ0v) is 10.2. The lowest BCUT2D eigenvalue weighted by molar-refractivity contribution is 0.326. The Hall–Kier alpha value is -0.410. The van der Waals surface area contributed by atoms with E-state index in [-0.39, 0.29) is 17.3 Å². The van der Waals surface area contributed by atoms with Crippen LogP contribution in [0.3, 0.4) is 0 Å². The fourth-order valence-electron chi connectivity index (χ4n) is 1.21. The van der Waals surface area contributed by atoms with Crippen molar-refractivity contribution in [2.75, 3.05) is 0 Å². The average Bonchev–Trinajstić information content (AvgIpc) is 2.07. The van der Waals surface area contributed by atoms with Crippen molar-refractivity contribution in [2.24, 2.45) is 11.1 Å². The molecule has 1 atom stereocenters. The van der Waals surface area contributed by atoms with Gasteiger partial charge in [0.15, 0.2) is 0 Å². The molecule has 0 aromatic heterocycles. The molecular weight excluding hydrogens is 245 g/mol. The molecule has 78 valence electrons. The first-order valence-corrected chi connectivity index (χ1v) is 5.32. The summed E-state index contributed by atoms with van der Waals surface area (Å²) in [5.41, 5.74) is 6.79. The molecule has 1 nitrogen and oxygen atoms in total. The van der Waals surface area contributed by atoms with Crippen LogP contribution in [-0.2, 0) is 0 Å². The highest BCUT2D eigenvalue weighted by Crippen LogP contribution is 2.31. The van der Waals surface area contributed by atoms with Gasteiger partial charge < -0.3 is 5.73 Å². The molecule has 1 rings (SSSR count). The number of nitrogens with two attached hydrogens (primary N) is 1. The maximum Gasteiger partial charge on any atom is 0.137 e. The van der Waals surface area contributed by atoms with Crippen LogP contribution in [-0.4, -0.2) is 0 Å². The van der Waals surface area contributed by atoms with Gasteiger partial charge in [0.25, 0.3) is 0 Å². The van der Waals surface area contributed by atoms with Gasteiger partial charge in [0.1, 0.15) is 5.82 Å². The molecule has 0 aliphatic carbocycles.